The molecule has 0 fully saturated rings. The van der Waals surface area contributed by atoms with Gasteiger partial charge in [-0.3, -0.25) is 14.9 Å². The molecule has 3 N–H and O–H groups in total. The van der Waals surface area contributed by atoms with E-state index >= 15 is 0 Å². The number of hydrogen-bond acceptors (Lipinski definition) is 3. The highest BCUT2D eigenvalue weighted by Gasteiger charge is 2.10. The largest absolute Gasteiger partial charge is 0.480 e. The normalized spacial score (nSPS) is 12.1. The van der Waals surface area contributed by atoms with E-state index in [0.717, 1.165) is 12.8 Å². The van der Waals surface area contributed by atoms with Crippen molar-refractivity contribution in [2.24, 2.45) is 0 Å². The van der Waals surface area contributed by atoms with Crippen LogP contribution in [0.2, 0.25) is 0 Å². The number of unbranched alkanes of at least 4 members (excludes halogenated alkanes) is 1. The number of carboxylic acid groups (broad SMARTS) is 1. The molecule has 5 nitrogen and oxygen atoms in total. The van der Waals surface area contributed by atoms with Crippen molar-refractivity contribution in [2.75, 3.05) is 13.1 Å². The minimum Gasteiger partial charge on any atom is -0.480 e. The van der Waals surface area contributed by atoms with Crippen LogP contribution in [0.15, 0.2) is 0 Å². The molecule has 0 radical (unpaired) electrons. The van der Waals surface area contributed by atoms with Crippen LogP contribution >= 0.6 is 0 Å². The first-order valence-electron chi connectivity index (χ1n) is 4.80. The SMILES string of the molecule is CCCCNC(=O)CN[C@@H](C)C(=O)O. The topological polar surface area (TPSA) is 78.4 Å². The van der Waals surface area contributed by atoms with Crippen LogP contribution in [0, 0.1) is 0 Å². The first-order valence-corrected chi connectivity index (χ1v) is 4.80. The molecule has 1 amide bonds. The lowest BCUT2D eigenvalue weighted by molar-refractivity contribution is -0.139. The van der Waals surface area contributed by atoms with E-state index in [1.54, 1.807) is 0 Å². The van der Waals surface area contributed by atoms with Crippen molar-refractivity contribution < 1.29 is 14.7 Å². The number of carboxylic acids is 1. The molecule has 0 aliphatic carbocycles. The molecular weight excluding hydrogens is 184 g/mol. The molecule has 0 saturated carbocycles. The van der Waals surface area contributed by atoms with Crippen molar-refractivity contribution in [3.8, 4) is 0 Å². The van der Waals surface area contributed by atoms with E-state index in [0.29, 0.717) is 6.54 Å². The van der Waals surface area contributed by atoms with Crippen molar-refractivity contribution in [3.63, 3.8) is 0 Å². The number of carbonyl (C=O) groups is 2. The van der Waals surface area contributed by atoms with Gasteiger partial charge in [-0.05, 0) is 13.3 Å². The Kier molecular flexibility index (Phi) is 6.74. The molecule has 0 unspecified atom stereocenters. The van der Waals surface area contributed by atoms with Gasteiger partial charge in [0.05, 0.1) is 6.54 Å². The average molecular weight is 202 g/mol. The number of nitrogens with one attached hydrogen (secondary N) is 2. The highest BCUT2D eigenvalue weighted by atomic mass is 16.4. The Morgan fingerprint density at radius 1 is 1.43 bits per heavy atom. The molecule has 0 aromatic carbocycles. The van der Waals surface area contributed by atoms with Gasteiger partial charge in [-0.1, -0.05) is 13.3 Å². The zero-order chi connectivity index (χ0) is 11.0. The summed E-state index contributed by atoms with van der Waals surface area (Å²) < 4.78 is 0. The Hall–Kier alpha value is -1.10. The molecule has 0 rings (SSSR count). The maximum absolute atomic E-state index is 11.1. The summed E-state index contributed by atoms with van der Waals surface area (Å²) in [6.45, 7) is 4.24. The average Bonchev–Trinajstić information content (AvgIpc) is 2.14. The molecule has 82 valence electrons. The van der Waals surface area contributed by atoms with Crippen molar-refractivity contribution in [2.45, 2.75) is 32.7 Å². The molecule has 0 aliphatic rings. The maximum Gasteiger partial charge on any atom is 0.320 e. The number of amides is 1. The Balaban J connectivity index is 3.48. The highest BCUT2D eigenvalue weighted by molar-refractivity contribution is 5.79. The quantitative estimate of drug-likeness (QED) is 0.506. The van der Waals surface area contributed by atoms with E-state index in [1.165, 1.54) is 6.92 Å². The van der Waals surface area contributed by atoms with E-state index in [2.05, 4.69) is 10.6 Å². The number of carbonyl (C=O) groups excluding carboxylic acids is 1. The standard InChI is InChI=1S/C9H18N2O3/c1-3-4-5-10-8(12)6-11-7(2)9(13)14/h7,11H,3-6H2,1-2H3,(H,10,12)(H,13,14)/t7-/m0/s1. The molecule has 0 aromatic heterocycles. The second-order valence-electron chi connectivity index (χ2n) is 3.14. The zero-order valence-electron chi connectivity index (χ0n) is 8.67. The first kappa shape index (κ1) is 12.9. The number of aliphatic carboxylic acids is 1. The molecule has 0 heterocycles. The fraction of sp³-hybridized carbons (Fsp3) is 0.778. The smallest absolute Gasteiger partial charge is 0.320 e. The molecule has 5 heteroatoms. The molecule has 0 saturated heterocycles. The van der Waals surface area contributed by atoms with Crippen LogP contribution < -0.4 is 10.6 Å². The summed E-state index contributed by atoms with van der Waals surface area (Å²) in [6, 6.07) is -0.688. The van der Waals surface area contributed by atoms with Crippen LogP contribution in [-0.2, 0) is 9.59 Å². The van der Waals surface area contributed by atoms with E-state index < -0.39 is 12.0 Å². The van der Waals surface area contributed by atoms with E-state index in [9.17, 15) is 9.59 Å². The fourth-order valence-electron chi connectivity index (χ4n) is 0.800. The third kappa shape index (κ3) is 6.42. The van der Waals surface area contributed by atoms with Gasteiger partial charge < -0.3 is 10.4 Å². The van der Waals surface area contributed by atoms with Gasteiger partial charge in [0.2, 0.25) is 5.91 Å². The molecule has 1 atom stereocenters. The van der Waals surface area contributed by atoms with Crippen LogP contribution in [0.1, 0.15) is 26.7 Å². The van der Waals surface area contributed by atoms with Crippen molar-refractivity contribution in [1.29, 1.82) is 0 Å². The molecular formula is C9H18N2O3. The van der Waals surface area contributed by atoms with Crippen LogP contribution in [0.25, 0.3) is 0 Å². The second kappa shape index (κ2) is 7.32. The van der Waals surface area contributed by atoms with Crippen LogP contribution in [-0.4, -0.2) is 36.1 Å². The Bertz CT molecular complexity index is 194. The third-order valence-electron chi connectivity index (χ3n) is 1.79. The van der Waals surface area contributed by atoms with Crippen LogP contribution in [0.4, 0.5) is 0 Å². The lowest BCUT2D eigenvalue weighted by Gasteiger charge is -2.08. The molecule has 0 spiro atoms. The Morgan fingerprint density at radius 3 is 2.57 bits per heavy atom. The maximum atomic E-state index is 11.1. The minimum atomic E-state index is -0.952. The number of rotatable bonds is 7. The van der Waals surface area contributed by atoms with Gasteiger partial charge in [0.1, 0.15) is 6.04 Å². The van der Waals surface area contributed by atoms with Crippen LogP contribution in [0.3, 0.4) is 0 Å². The monoisotopic (exact) mass is 202 g/mol. The van der Waals surface area contributed by atoms with Crippen molar-refractivity contribution >= 4 is 11.9 Å². The summed E-state index contributed by atoms with van der Waals surface area (Å²) in [5.41, 5.74) is 0. The summed E-state index contributed by atoms with van der Waals surface area (Å²) in [5.74, 6) is -1.11. The minimum absolute atomic E-state index is 0.0528. The summed E-state index contributed by atoms with van der Waals surface area (Å²) in [6.07, 6.45) is 1.97. The van der Waals surface area contributed by atoms with Crippen LogP contribution in [0.5, 0.6) is 0 Å². The van der Waals surface area contributed by atoms with E-state index in [-0.39, 0.29) is 12.5 Å². The molecule has 0 aromatic rings. The fourth-order valence-corrected chi connectivity index (χ4v) is 0.800. The van der Waals surface area contributed by atoms with E-state index in [1.807, 2.05) is 6.92 Å². The molecule has 14 heavy (non-hydrogen) atoms. The van der Waals surface area contributed by atoms with Gasteiger partial charge in [0.25, 0.3) is 0 Å². The van der Waals surface area contributed by atoms with Gasteiger partial charge in [-0.2, -0.15) is 0 Å². The van der Waals surface area contributed by atoms with E-state index in [4.69, 9.17) is 5.11 Å². The Labute approximate surface area is 83.9 Å². The lowest BCUT2D eigenvalue weighted by atomic mass is 10.3. The zero-order valence-corrected chi connectivity index (χ0v) is 8.67. The molecule has 0 aliphatic heterocycles. The van der Waals surface area contributed by atoms with Gasteiger partial charge in [0.15, 0.2) is 0 Å². The van der Waals surface area contributed by atoms with Crippen molar-refractivity contribution in [1.82, 2.24) is 10.6 Å². The van der Waals surface area contributed by atoms with Gasteiger partial charge >= 0.3 is 5.97 Å². The lowest BCUT2D eigenvalue weighted by Crippen LogP contribution is -2.41. The Morgan fingerprint density at radius 2 is 2.07 bits per heavy atom. The molecule has 0 bridgehead atoms. The van der Waals surface area contributed by atoms with Gasteiger partial charge in [0, 0.05) is 6.54 Å². The van der Waals surface area contributed by atoms with Gasteiger partial charge in [-0.15, -0.1) is 0 Å². The predicted octanol–water partition coefficient (Wildman–Crippen LogP) is -0.0346. The van der Waals surface area contributed by atoms with Gasteiger partial charge in [-0.25, -0.2) is 0 Å². The third-order valence-corrected chi connectivity index (χ3v) is 1.79. The summed E-state index contributed by atoms with van der Waals surface area (Å²) in [4.78, 5) is 21.5. The summed E-state index contributed by atoms with van der Waals surface area (Å²) >= 11 is 0. The first-order chi connectivity index (χ1) is 6.57. The predicted molar refractivity (Wildman–Crippen MR) is 53.0 cm³/mol. The highest BCUT2D eigenvalue weighted by Crippen LogP contribution is 1.83. The van der Waals surface area contributed by atoms with Crippen molar-refractivity contribution in [3.05, 3.63) is 0 Å². The summed E-state index contributed by atoms with van der Waals surface area (Å²) in [7, 11) is 0. The second-order valence-corrected chi connectivity index (χ2v) is 3.14. The number of hydrogen-bond donors (Lipinski definition) is 3. The summed E-state index contributed by atoms with van der Waals surface area (Å²) in [5, 5.41) is 13.8.